The van der Waals surface area contributed by atoms with Crippen LogP contribution in [0.15, 0.2) is 11.8 Å². The van der Waals surface area contributed by atoms with Crippen LogP contribution in [0.3, 0.4) is 0 Å². The van der Waals surface area contributed by atoms with Crippen molar-refractivity contribution in [3.8, 4) is 0 Å². The molecule has 5 unspecified atom stereocenters. The van der Waals surface area contributed by atoms with Crippen molar-refractivity contribution in [3.05, 3.63) is 11.8 Å². The van der Waals surface area contributed by atoms with Crippen LogP contribution in [0.25, 0.3) is 0 Å². The summed E-state index contributed by atoms with van der Waals surface area (Å²) in [4.78, 5) is 12.3. The number of methoxy groups -OCH3 is 2. The molecule has 2 fully saturated rings. The van der Waals surface area contributed by atoms with Crippen molar-refractivity contribution in [2.24, 2.45) is 5.92 Å². The first-order valence-electron chi connectivity index (χ1n) is 7.53. The molecule has 136 valence electrons. The lowest BCUT2D eigenvalue weighted by molar-refractivity contribution is -0.324. The van der Waals surface area contributed by atoms with Crippen molar-refractivity contribution in [1.82, 2.24) is 0 Å². The molecule has 9 heteroatoms. The fourth-order valence-corrected chi connectivity index (χ4v) is 3.72. The lowest BCUT2D eigenvalue weighted by atomic mass is 9.71. The van der Waals surface area contributed by atoms with Crippen LogP contribution in [0, 0.1) is 5.92 Å². The van der Waals surface area contributed by atoms with Gasteiger partial charge in [0.05, 0.1) is 32.3 Å². The summed E-state index contributed by atoms with van der Waals surface area (Å²) in [5.41, 5.74) is -1.67. The molecule has 5 atom stereocenters. The van der Waals surface area contributed by atoms with Gasteiger partial charge in [0, 0.05) is 19.6 Å². The SMILES string of the molecule is COC1=CC(=O)C(OC)C(C2(C)OC2CCOC(F)(F)F)C12CO2. The molecule has 2 aliphatic heterocycles. The van der Waals surface area contributed by atoms with E-state index in [9.17, 15) is 18.0 Å². The number of epoxide rings is 2. The Balaban J connectivity index is 1.75. The van der Waals surface area contributed by atoms with Crippen molar-refractivity contribution < 1.29 is 41.7 Å². The highest BCUT2D eigenvalue weighted by molar-refractivity contribution is 5.96. The first-order valence-corrected chi connectivity index (χ1v) is 7.53. The maximum Gasteiger partial charge on any atom is 0.522 e. The predicted molar refractivity (Wildman–Crippen MR) is 73.0 cm³/mol. The van der Waals surface area contributed by atoms with Crippen LogP contribution >= 0.6 is 0 Å². The van der Waals surface area contributed by atoms with Crippen LogP contribution in [0.2, 0.25) is 0 Å². The zero-order valence-electron chi connectivity index (χ0n) is 13.5. The summed E-state index contributed by atoms with van der Waals surface area (Å²) in [7, 11) is 2.85. The van der Waals surface area contributed by atoms with Crippen LogP contribution < -0.4 is 0 Å². The van der Waals surface area contributed by atoms with E-state index in [-0.39, 0.29) is 12.2 Å². The maximum atomic E-state index is 12.3. The lowest BCUT2D eigenvalue weighted by Gasteiger charge is -2.36. The molecule has 1 aliphatic carbocycles. The number of carbonyl (C=O) groups excluding carboxylic acids is 1. The first kappa shape index (κ1) is 17.7. The zero-order valence-corrected chi connectivity index (χ0v) is 13.5. The molecule has 3 aliphatic rings. The monoisotopic (exact) mass is 352 g/mol. The molecule has 0 aromatic rings. The summed E-state index contributed by atoms with van der Waals surface area (Å²) in [5, 5.41) is 0. The molecule has 0 amide bonds. The lowest BCUT2D eigenvalue weighted by Crippen LogP contribution is -2.53. The summed E-state index contributed by atoms with van der Waals surface area (Å²) >= 11 is 0. The van der Waals surface area contributed by atoms with E-state index in [4.69, 9.17) is 18.9 Å². The van der Waals surface area contributed by atoms with Gasteiger partial charge in [-0.25, -0.2) is 0 Å². The van der Waals surface area contributed by atoms with Crippen molar-refractivity contribution in [3.63, 3.8) is 0 Å². The molecular formula is C15H19F3O6. The Morgan fingerprint density at radius 1 is 1.38 bits per heavy atom. The summed E-state index contributed by atoms with van der Waals surface area (Å²) < 4.78 is 62.0. The third kappa shape index (κ3) is 2.83. The minimum Gasteiger partial charge on any atom is -0.498 e. The average Bonchev–Trinajstić information content (AvgIpc) is 3.39. The van der Waals surface area contributed by atoms with Crippen molar-refractivity contribution in [2.45, 2.75) is 43.1 Å². The zero-order chi connectivity index (χ0) is 17.8. The van der Waals surface area contributed by atoms with Crippen molar-refractivity contribution >= 4 is 5.78 Å². The molecule has 6 nitrogen and oxygen atoms in total. The van der Waals surface area contributed by atoms with E-state index in [1.54, 1.807) is 6.92 Å². The van der Waals surface area contributed by atoms with Gasteiger partial charge < -0.3 is 18.9 Å². The number of halogens is 3. The summed E-state index contributed by atoms with van der Waals surface area (Å²) in [5.74, 6) is -0.381. The number of ether oxygens (including phenoxy) is 5. The molecular weight excluding hydrogens is 333 g/mol. The third-order valence-electron chi connectivity index (χ3n) is 4.95. The Hall–Kier alpha value is -1.16. The smallest absolute Gasteiger partial charge is 0.498 e. The van der Waals surface area contributed by atoms with Crippen LogP contribution in [-0.2, 0) is 28.5 Å². The van der Waals surface area contributed by atoms with E-state index in [1.165, 1.54) is 20.3 Å². The molecule has 1 spiro atoms. The number of hydrogen-bond acceptors (Lipinski definition) is 6. The van der Waals surface area contributed by atoms with Crippen molar-refractivity contribution in [1.29, 1.82) is 0 Å². The summed E-state index contributed by atoms with van der Waals surface area (Å²) in [6.07, 6.45) is -4.55. The number of hydrogen-bond donors (Lipinski definition) is 0. The van der Waals surface area contributed by atoms with Crippen LogP contribution in [0.4, 0.5) is 13.2 Å². The third-order valence-corrected chi connectivity index (χ3v) is 4.95. The molecule has 2 heterocycles. The van der Waals surface area contributed by atoms with E-state index in [1.807, 2.05) is 0 Å². The highest BCUT2D eigenvalue weighted by Crippen LogP contribution is 2.59. The Morgan fingerprint density at radius 2 is 2.04 bits per heavy atom. The number of rotatable bonds is 6. The summed E-state index contributed by atoms with van der Waals surface area (Å²) in [6, 6.07) is 0. The Bertz CT molecular complexity index is 556. The molecule has 0 bridgehead atoms. The maximum absolute atomic E-state index is 12.3. The van der Waals surface area contributed by atoms with Crippen LogP contribution in [-0.4, -0.2) is 63.0 Å². The summed E-state index contributed by atoms with van der Waals surface area (Å²) in [6.45, 7) is 1.58. The van der Waals surface area contributed by atoms with Gasteiger partial charge in [-0.2, -0.15) is 0 Å². The van der Waals surface area contributed by atoms with Gasteiger partial charge in [-0.3, -0.25) is 9.53 Å². The topological polar surface area (TPSA) is 69.8 Å². The Kier molecular flexibility index (Phi) is 4.18. The van der Waals surface area contributed by atoms with Gasteiger partial charge in [-0.05, 0) is 6.92 Å². The van der Waals surface area contributed by atoms with Gasteiger partial charge in [-0.15, -0.1) is 13.2 Å². The van der Waals surface area contributed by atoms with Gasteiger partial charge in [0.15, 0.2) is 11.4 Å². The van der Waals surface area contributed by atoms with E-state index >= 15 is 0 Å². The number of carbonyl (C=O) groups is 1. The molecule has 0 aromatic heterocycles. The van der Waals surface area contributed by atoms with E-state index in [2.05, 4.69) is 4.74 Å². The Labute approximate surface area is 136 Å². The molecule has 0 radical (unpaired) electrons. The van der Waals surface area contributed by atoms with Crippen LogP contribution in [0.5, 0.6) is 0 Å². The first-order chi connectivity index (χ1) is 11.2. The quantitative estimate of drug-likeness (QED) is 0.676. The minimum absolute atomic E-state index is 0.0548. The second-order valence-electron chi connectivity index (χ2n) is 6.30. The second kappa shape index (κ2) is 5.69. The normalized spacial score (nSPS) is 41.3. The molecule has 24 heavy (non-hydrogen) atoms. The number of ketones is 1. The van der Waals surface area contributed by atoms with Gasteiger partial charge >= 0.3 is 6.36 Å². The van der Waals surface area contributed by atoms with E-state index in [0.29, 0.717) is 12.4 Å². The molecule has 0 saturated carbocycles. The van der Waals surface area contributed by atoms with Gasteiger partial charge in [0.25, 0.3) is 0 Å². The fraction of sp³-hybridized carbons (Fsp3) is 0.800. The predicted octanol–water partition coefficient (Wildman–Crippen LogP) is 1.58. The van der Waals surface area contributed by atoms with Gasteiger partial charge in [0.2, 0.25) is 0 Å². The van der Waals surface area contributed by atoms with E-state index in [0.717, 1.165) is 0 Å². The molecule has 2 saturated heterocycles. The van der Waals surface area contributed by atoms with Crippen molar-refractivity contribution in [2.75, 3.05) is 27.4 Å². The fourth-order valence-electron chi connectivity index (χ4n) is 3.72. The Morgan fingerprint density at radius 3 is 2.54 bits per heavy atom. The van der Waals surface area contributed by atoms with Crippen LogP contribution in [0.1, 0.15) is 13.3 Å². The molecule has 0 aromatic carbocycles. The molecule has 0 N–H and O–H groups in total. The highest BCUT2D eigenvalue weighted by atomic mass is 19.4. The minimum atomic E-state index is -4.67. The largest absolute Gasteiger partial charge is 0.522 e. The average molecular weight is 352 g/mol. The van der Waals surface area contributed by atoms with E-state index < -0.39 is 42.3 Å². The standard InChI is InChI=1S/C15H19F3O6/c1-13(9(24-13)4-5-22-15(16,17)18)12-11(21-3)8(19)6-10(20-2)14(12)7-23-14/h6,9,11-12H,4-5,7H2,1-3H3. The molecule has 3 rings (SSSR count). The second-order valence-corrected chi connectivity index (χ2v) is 6.30. The van der Waals surface area contributed by atoms with Gasteiger partial charge in [-0.1, -0.05) is 0 Å². The number of alkyl halides is 3. The highest BCUT2D eigenvalue weighted by Gasteiger charge is 2.74. The van der Waals surface area contributed by atoms with Gasteiger partial charge in [0.1, 0.15) is 17.5 Å².